The lowest BCUT2D eigenvalue weighted by molar-refractivity contribution is -0.148. The summed E-state index contributed by atoms with van der Waals surface area (Å²) in [7, 11) is 1.45. The maximum Gasteiger partial charge on any atom is 0.325 e. The molecule has 0 bridgehead atoms. The summed E-state index contributed by atoms with van der Waals surface area (Å²) in [6.07, 6.45) is 2.21. The summed E-state index contributed by atoms with van der Waals surface area (Å²) >= 11 is 1.90. The molecule has 0 aromatic rings. The molecule has 0 aromatic heterocycles. The van der Waals surface area contributed by atoms with Crippen molar-refractivity contribution in [1.29, 1.82) is 0 Å². The number of hydrogen-bond donors (Lipinski definition) is 1. The van der Waals surface area contributed by atoms with E-state index >= 15 is 0 Å². The number of methoxy groups -OCH3 is 1. The van der Waals surface area contributed by atoms with Crippen molar-refractivity contribution in [3.63, 3.8) is 0 Å². The molecule has 0 spiro atoms. The molecule has 4 nitrogen and oxygen atoms in total. The third-order valence-electron chi connectivity index (χ3n) is 3.48. The van der Waals surface area contributed by atoms with Gasteiger partial charge in [0.05, 0.1) is 13.2 Å². The van der Waals surface area contributed by atoms with Gasteiger partial charge in [-0.05, 0) is 46.3 Å². The summed E-state index contributed by atoms with van der Waals surface area (Å²) in [5.41, 5.74) is -0.599. The van der Waals surface area contributed by atoms with Crippen molar-refractivity contribution in [2.24, 2.45) is 0 Å². The van der Waals surface area contributed by atoms with Gasteiger partial charge < -0.3 is 9.47 Å². The van der Waals surface area contributed by atoms with E-state index in [9.17, 15) is 4.79 Å². The summed E-state index contributed by atoms with van der Waals surface area (Å²) in [4.78, 5) is 11.9. The van der Waals surface area contributed by atoms with E-state index in [2.05, 4.69) is 12.2 Å². The highest BCUT2D eigenvalue weighted by atomic mass is 32.2. The first-order valence-corrected chi connectivity index (χ1v) is 8.03. The SMILES string of the molecule is COC(=O)C(C)(CCSC1CCOC1C)NC(C)C. The maximum absolute atomic E-state index is 11.9. The van der Waals surface area contributed by atoms with Crippen molar-refractivity contribution in [1.82, 2.24) is 5.32 Å². The van der Waals surface area contributed by atoms with Crippen molar-refractivity contribution in [3.8, 4) is 0 Å². The molecule has 1 rings (SSSR count). The Hall–Kier alpha value is -0.260. The Morgan fingerprint density at radius 2 is 2.26 bits per heavy atom. The minimum atomic E-state index is -0.599. The van der Waals surface area contributed by atoms with Gasteiger partial charge in [0.2, 0.25) is 0 Å². The molecule has 0 aromatic carbocycles. The standard InChI is InChI=1S/C14H27NO3S/c1-10(2)15-14(4,13(16)17-5)7-9-19-12-6-8-18-11(12)3/h10-12,15H,6-9H2,1-5H3. The Morgan fingerprint density at radius 3 is 2.74 bits per heavy atom. The Bertz CT molecular complexity index is 298. The molecule has 5 heteroatoms. The molecule has 112 valence electrons. The van der Waals surface area contributed by atoms with Gasteiger partial charge in [-0.3, -0.25) is 10.1 Å². The van der Waals surface area contributed by atoms with Crippen LogP contribution in [0.3, 0.4) is 0 Å². The van der Waals surface area contributed by atoms with Gasteiger partial charge in [0, 0.05) is 17.9 Å². The number of carbonyl (C=O) groups is 1. The third-order valence-corrected chi connectivity index (χ3v) is 4.97. The van der Waals surface area contributed by atoms with Crippen molar-refractivity contribution in [3.05, 3.63) is 0 Å². The summed E-state index contributed by atoms with van der Waals surface area (Å²) < 4.78 is 10.5. The van der Waals surface area contributed by atoms with Gasteiger partial charge in [0.1, 0.15) is 5.54 Å². The number of thioether (sulfide) groups is 1. The molecule has 1 aliphatic heterocycles. The number of hydrogen-bond acceptors (Lipinski definition) is 5. The first-order chi connectivity index (χ1) is 8.89. The van der Waals surface area contributed by atoms with Crippen LogP contribution in [0.5, 0.6) is 0 Å². The van der Waals surface area contributed by atoms with Crippen LogP contribution in [-0.2, 0) is 14.3 Å². The fourth-order valence-corrected chi connectivity index (χ4v) is 3.88. The quantitative estimate of drug-likeness (QED) is 0.728. The van der Waals surface area contributed by atoms with Gasteiger partial charge in [-0.1, -0.05) is 0 Å². The number of ether oxygens (including phenoxy) is 2. The van der Waals surface area contributed by atoms with Crippen LogP contribution in [0.1, 0.15) is 40.5 Å². The van der Waals surface area contributed by atoms with E-state index in [1.807, 2.05) is 32.5 Å². The second kappa shape index (κ2) is 7.50. The molecule has 1 fully saturated rings. The third kappa shape index (κ3) is 4.97. The largest absolute Gasteiger partial charge is 0.468 e. The van der Waals surface area contributed by atoms with E-state index in [-0.39, 0.29) is 12.0 Å². The zero-order chi connectivity index (χ0) is 14.5. The molecular formula is C14H27NO3S. The molecule has 1 heterocycles. The van der Waals surface area contributed by atoms with Crippen molar-refractivity contribution in [2.75, 3.05) is 19.5 Å². The van der Waals surface area contributed by atoms with Crippen LogP contribution in [0.4, 0.5) is 0 Å². The fraction of sp³-hybridized carbons (Fsp3) is 0.929. The Kier molecular flexibility index (Phi) is 6.63. The molecule has 0 amide bonds. The van der Waals surface area contributed by atoms with Crippen molar-refractivity contribution in [2.45, 2.75) is 63.5 Å². The lowest BCUT2D eigenvalue weighted by atomic mass is 9.98. The van der Waals surface area contributed by atoms with Gasteiger partial charge in [0.15, 0.2) is 0 Å². The van der Waals surface area contributed by atoms with Gasteiger partial charge in [0.25, 0.3) is 0 Å². The predicted molar refractivity (Wildman–Crippen MR) is 79.6 cm³/mol. The smallest absolute Gasteiger partial charge is 0.325 e. The molecular weight excluding hydrogens is 262 g/mol. The van der Waals surface area contributed by atoms with Gasteiger partial charge in [-0.2, -0.15) is 11.8 Å². The molecule has 1 aliphatic rings. The summed E-state index contributed by atoms with van der Waals surface area (Å²) in [6, 6.07) is 0.253. The normalized spacial score (nSPS) is 26.4. The zero-order valence-corrected chi connectivity index (χ0v) is 13.5. The van der Waals surface area contributed by atoms with E-state index in [0.717, 1.165) is 25.2 Å². The Morgan fingerprint density at radius 1 is 1.58 bits per heavy atom. The topological polar surface area (TPSA) is 47.6 Å². The first kappa shape index (κ1) is 16.8. The maximum atomic E-state index is 11.9. The molecule has 3 atom stereocenters. The predicted octanol–water partition coefficient (Wildman–Crippen LogP) is 2.22. The van der Waals surface area contributed by atoms with Crippen molar-refractivity contribution >= 4 is 17.7 Å². The molecule has 1 N–H and O–H groups in total. The Balaban J connectivity index is 2.46. The molecule has 3 unspecified atom stereocenters. The number of rotatable bonds is 7. The molecule has 0 aliphatic carbocycles. The highest BCUT2D eigenvalue weighted by Gasteiger charge is 2.35. The van der Waals surface area contributed by atoms with Crippen molar-refractivity contribution < 1.29 is 14.3 Å². The van der Waals surface area contributed by atoms with Crippen LogP contribution >= 0.6 is 11.8 Å². The van der Waals surface area contributed by atoms with Gasteiger partial charge in [-0.15, -0.1) is 0 Å². The highest BCUT2D eigenvalue weighted by molar-refractivity contribution is 7.99. The van der Waals surface area contributed by atoms with Crippen LogP contribution in [0.2, 0.25) is 0 Å². The summed E-state index contributed by atoms with van der Waals surface area (Å²) in [5, 5.41) is 3.88. The molecule has 1 saturated heterocycles. The summed E-state index contributed by atoms with van der Waals surface area (Å²) in [5.74, 6) is 0.751. The lowest BCUT2D eigenvalue weighted by Crippen LogP contribution is -2.53. The van der Waals surface area contributed by atoms with Crippen LogP contribution in [-0.4, -0.2) is 48.4 Å². The average molecular weight is 289 g/mol. The number of nitrogens with one attached hydrogen (secondary N) is 1. The minimum Gasteiger partial charge on any atom is -0.468 e. The second-order valence-electron chi connectivity index (χ2n) is 5.65. The molecule has 0 radical (unpaired) electrons. The van der Waals surface area contributed by atoms with E-state index in [4.69, 9.17) is 9.47 Å². The van der Waals surface area contributed by atoms with Crippen LogP contribution in [0, 0.1) is 0 Å². The van der Waals surface area contributed by atoms with E-state index < -0.39 is 5.54 Å². The minimum absolute atomic E-state index is 0.183. The number of carbonyl (C=O) groups excluding carboxylic acids is 1. The van der Waals surface area contributed by atoms with Crippen LogP contribution in [0.25, 0.3) is 0 Å². The zero-order valence-electron chi connectivity index (χ0n) is 12.7. The molecule has 0 saturated carbocycles. The average Bonchev–Trinajstić information content (AvgIpc) is 2.73. The fourth-order valence-electron chi connectivity index (χ4n) is 2.44. The Labute approximate surface area is 121 Å². The van der Waals surface area contributed by atoms with E-state index in [1.54, 1.807) is 0 Å². The van der Waals surface area contributed by atoms with E-state index in [0.29, 0.717) is 11.4 Å². The van der Waals surface area contributed by atoms with Gasteiger partial charge in [-0.25, -0.2) is 0 Å². The van der Waals surface area contributed by atoms with Gasteiger partial charge >= 0.3 is 5.97 Å². The lowest BCUT2D eigenvalue weighted by Gasteiger charge is -2.30. The van der Waals surface area contributed by atoms with Crippen LogP contribution < -0.4 is 5.32 Å². The first-order valence-electron chi connectivity index (χ1n) is 6.98. The highest BCUT2D eigenvalue weighted by Crippen LogP contribution is 2.28. The van der Waals surface area contributed by atoms with Crippen LogP contribution in [0.15, 0.2) is 0 Å². The van der Waals surface area contributed by atoms with E-state index in [1.165, 1.54) is 7.11 Å². The number of esters is 1. The second-order valence-corrected chi connectivity index (χ2v) is 6.99. The molecule has 19 heavy (non-hydrogen) atoms. The monoisotopic (exact) mass is 289 g/mol. The summed E-state index contributed by atoms with van der Waals surface area (Å²) in [6.45, 7) is 8.99.